The van der Waals surface area contributed by atoms with E-state index in [2.05, 4.69) is 5.32 Å². The summed E-state index contributed by atoms with van der Waals surface area (Å²) >= 11 is 1.47. The van der Waals surface area contributed by atoms with Crippen molar-refractivity contribution in [3.8, 4) is 0 Å². The van der Waals surface area contributed by atoms with Gasteiger partial charge in [0.2, 0.25) is 0 Å². The molecule has 0 aliphatic carbocycles. The Morgan fingerprint density at radius 2 is 2.00 bits per heavy atom. The molecule has 110 valence electrons. The number of carbonyl (C=O) groups is 2. The minimum absolute atomic E-state index is 0.0164. The van der Waals surface area contributed by atoms with Crippen molar-refractivity contribution in [2.75, 3.05) is 32.7 Å². The second kappa shape index (κ2) is 7.28. The fraction of sp³-hybridized carbons (Fsp3) is 0.571. The zero-order chi connectivity index (χ0) is 14.4. The fourth-order valence-corrected chi connectivity index (χ4v) is 2.91. The summed E-state index contributed by atoms with van der Waals surface area (Å²) in [6.07, 6.45) is 1.76. The van der Waals surface area contributed by atoms with E-state index in [1.165, 1.54) is 11.3 Å². The van der Waals surface area contributed by atoms with Gasteiger partial charge in [0.1, 0.15) is 0 Å². The van der Waals surface area contributed by atoms with Crippen LogP contribution in [-0.2, 0) is 0 Å². The van der Waals surface area contributed by atoms with E-state index >= 15 is 0 Å². The first-order valence-corrected chi connectivity index (χ1v) is 7.96. The molecule has 0 unspecified atom stereocenters. The molecule has 1 aromatic rings. The fourth-order valence-electron chi connectivity index (χ4n) is 2.22. The molecule has 1 aromatic heterocycles. The Kier molecular flexibility index (Phi) is 5.40. The molecule has 2 heterocycles. The van der Waals surface area contributed by atoms with E-state index in [1.54, 1.807) is 4.90 Å². The van der Waals surface area contributed by atoms with Gasteiger partial charge in [0.15, 0.2) is 0 Å². The van der Waals surface area contributed by atoms with E-state index in [0.717, 1.165) is 17.7 Å². The lowest BCUT2D eigenvalue weighted by Crippen LogP contribution is -2.42. The second-order valence-electron chi connectivity index (χ2n) is 4.84. The van der Waals surface area contributed by atoms with Crippen LogP contribution in [0.15, 0.2) is 17.5 Å². The average Bonchev–Trinajstić information content (AvgIpc) is 2.88. The third-order valence-electron chi connectivity index (χ3n) is 3.33. The Morgan fingerprint density at radius 1 is 1.25 bits per heavy atom. The molecule has 5 nitrogen and oxygen atoms in total. The van der Waals surface area contributed by atoms with Gasteiger partial charge in [-0.05, 0) is 24.3 Å². The van der Waals surface area contributed by atoms with Crippen molar-refractivity contribution in [2.45, 2.75) is 19.8 Å². The molecule has 0 aromatic carbocycles. The van der Waals surface area contributed by atoms with Gasteiger partial charge in [-0.15, -0.1) is 11.3 Å². The first-order valence-electron chi connectivity index (χ1n) is 7.08. The molecule has 0 bridgehead atoms. The summed E-state index contributed by atoms with van der Waals surface area (Å²) in [7, 11) is 0. The van der Waals surface area contributed by atoms with Gasteiger partial charge in [0.05, 0.1) is 4.88 Å². The number of rotatable bonds is 3. The maximum atomic E-state index is 12.3. The Hall–Kier alpha value is -1.56. The highest BCUT2D eigenvalue weighted by Gasteiger charge is 2.22. The van der Waals surface area contributed by atoms with Crippen LogP contribution in [0.3, 0.4) is 0 Å². The van der Waals surface area contributed by atoms with Crippen LogP contribution in [0, 0.1) is 0 Å². The first kappa shape index (κ1) is 14.8. The molecule has 0 saturated carbocycles. The first-order chi connectivity index (χ1) is 9.72. The summed E-state index contributed by atoms with van der Waals surface area (Å²) in [5.74, 6) is 0.0795. The van der Waals surface area contributed by atoms with E-state index in [1.807, 2.05) is 29.3 Å². The highest BCUT2D eigenvalue weighted by molar-refractivity contribution is 7.12. The predicted octanol–water partition coefficient (Wildman–Crippen LogP) is 2.02. The molecule has 6 heteroatoms. The number of thiophene rings is 1. The van der Waals surface area contributed by atoms with Crippen LogP contribution in [0.2, 0.25) is 0 Å². The summed E-state index contributed by atoms with van der Waals surface area (Å²) in [5.41, 5.74) is 0. The molecular weight excluding hydrogens is 274 g/mol. The lowest BCUT2D eigenvalue weighted by molar-refractivity contribution is 0.0767. The lowest BCUT2D eigenvalue weighted by Gasteiger charge is -2.22. The summed E-state index contributed by atoms with van der Waals surface area (Å²) in [6.45, 7) is 5.37. The van der Waals surface area contributed by atoms with Crippen molar-refractivity contribution < 1.29 is 9.59 Å². The van der Waals surface area contributed by atoms with Gasteiger partial charge in [-0.25, -0.2) is 4.79 Å². The number of hydrogen-bond donors (Lipinski definition) is 1. The number of carbonyl (C=O) groups excluding carboxylic acids is 2. The van der Waals surface area contributed by atoms with Crippen molar-refractivity contribution >= 4 is 23.3 Å². The minimum Gasteiger partial charge on any atom is -0.338 e. The van der Waals surface area contributed by atoms with Crippen molar-refractivity contribution in [1.82, 2.24) is 15.1 Å². The number of nitrogens with zero attached hydrogens (tertiary/aromatic N) is 2. The van der Waals surface area contributed by atoms with Crippen LogP contribution >= 0.6 is 11.3 Å². The van der Waals surface area contributed by atoms with Crippen molar-refractivity contribution in [2.24, 2.45) is 0 Å². The smallest absolute Gasteiger partial charge is 0.317 e. The van der Waals surface area contributed by atoms with E-state index in [0.29, 0.717) is 32.7 Å². The Balaban J connectivity index is 1.89. The van der Waals surface area contributed by atoms with Gasteiger partial charge < -0.3 is 15.1 Å². The summed E-state index contributed by atoms with van der Waals surface area (Å²) in [4.78, 5) is 28.6. The number of hydrogen-bond acceptors (Lipinski definition) is 3. The van der Waals surface area contributed by atoms with Crippen LogP contribution in [0.5, 0.6) is 0 Å². The molecule has 3 amide bonds. The molecule has 1 fully saturated rings. The van der Waals surface area contributed by atoms with Crippen LogP contribution in [0.4, 0.5) is 4.79 Å². The van der Waals surface area contributed by atoms with E-state index in [-0.39, 0.29) is 11.9 Å². The molecule has 1 aliphatic heterocycles. The molecule has 1 saturated heterocycles. The summed E-state index contributed by atoms with van der Waals surface area (Å²) in [6, 6.07) is 3.72. The predicted molar refractivity (Wildman–Crippen MR) is 80.1 cm³/mol. The normalized spacial score (nSPS) is 15.8. The molecule has 0 atom stereocenters. The van der Waals surface area contributed by atoms with E-state index in [4.69, 9.17) is 0 Å². The van der Waals surface area contributed by atoms with Gasteiger partial charge in [0.25, 0.3) is 5.91 Å². The number of amides is 3. The van der Waals surface area contributed by atoms with Gasteiger partial charge in [-0.3, -0.25) is 4.79 Å². The Labute approximate surface area is 123 Å². The van der Waals surface area contributed by atoms with Crippen LogP contribution in [-0.4, -0.2) is 54.5 Å². The third kappa shape index (κ3) is 3.72. The summed E-state index contributed by atoms with van der Waals surface area (Å²) < 4.78 is 0. The van der Waals surface area contributed by atoms with Crippen LogP contribution < -0.4 is 5.32 Å². The highest BCUT2D eigenvalue weighted by Crippen LogP contribution is 2.14. The van der Waals surface area contributed by atoms with E-state index in [9.17, 15) is 9.59 Å². The highest BCUT2D eigenvalue weighted by atomic mass is 32.1. The zero-order valence-corrected chi connectivity index (χ0v) is 12.6. The largest absolute Gasteiger partial charge is 0.338 e. The van der Waals surface area contributed by atoms with Crippen molar-refractivity contribution in [1.29, 1.82) is 0 Å². The lowest BCUT2D eigenvalue weighted by atomic mass is 10.3. The minimum atomic E-state index is -0.0164. The molecule has 1 N–H and O–H groups in total. The second-order valence-corrected chi connectivity index (χ2v) is 5.79. The van der Waals surface area contributed by atoms with Crippen LogP contribution in [0.25, 0.3) is 0 Å². The topological polar surface area (TPSA) is 52.7 Å². The molecule has 0 radical (unpaired) electrons. The maximum absolute atomic E-state index is 12.3. The van der Waals surface area contributed by atoms with Crippen molar-refractivity contribution in [3.05, 3.63) is 22.4 Å². The van der Waals surface area contributed by atoms with Crippen LogP contribution in [0.1, 0.15) is 29.4 Å². The zero-order valence-electron chi connectivity index (χ0n) is 11.8. The third-order valence-corrected chi connectivity index (χ3v) is 4.19. The molecule has 20 heavy (non-hydrogen) atoms. The summed E-state index contributed by atoms with van der Waals surface area (Å²) in [5, 5.41) is 4.80. The number of urea groups is 1. The number of nitrogens with one attached hydrogen (secondary N) is 1. The molecular formula is C14H21N3O2S. The van der Waals surface area contributed by atoms with Gasteiger partial charge in [-0.1, -0.05) is 13.0 Å². The van der Waals surface area contributed by atoms with Gasteiger partial charge in [-0.2, -0.15) is 0 Å². The van der Waals surface area contributed by atoms with Crippen molar-refractivity contribution in [3.63, 3.8) is 0 Å². The Bertz CT molecular complexity index is 447. The molecule has 1 aliphatic rings. The standard InChI is InChI=1S/C14H21N3O2S/c1-2-6-15-14(19)17-8-4-7-16(9-10-17)13(18)12-5-3-11-20-12/h3,5,11H,2,4,6-10H2,1H3,(H,15,19). The average molecular weight is 295 g/mol. The monoisotopic (exact) mass is 295 g/mol. The Morgan fingerprint density at radius 3 is 2.70 bits per heavy atom. The molecule has 2 rings (SSSR count). The molecule has 0 spiro atoms. The SMILES string of the molecule is CCCNC(=O)N1CCCN(C(=O)c2cccs2)CC1. The van der Waals surface area contributed by atoms with Gasteiger partial charge in [0, 0.05) is 32.7 Å². The quantitative estimate of drug-likeness (QED) is 0.927. The van der Waals surface area contributed by atoms with E-state index < -0.39 is 0 Å². The maximum Gasteiger partial charge on any atom is 0.317 e. The van der Waals surface area contributed by atoms with Gasteiger partial charge >= 0.3 is 6.03 Å².